The summed E-state index contributed by atoms with van der Waals surface area (Å²) < 4.78 is 0.844. The van der Waals surface area contributed by atoms with Crippen LogP contribution in [0.5, 0.6) is 0 Å². The van der Waals surface area contributed by atoms with E-state index in [1.807, 2.05) is 6.92 Å². The highest BCUT2D eigenvalue weighted by Crippen LogP contribution is 2.22. The Morgan fingerprint density at radius 1 is 1.16 bits per heavy atom. The Balaban J connectivity index is 1.98. The van der Waals surface area contributed by atoms with Gasteiger partial charge in [0, 0.05) is 17.8 Å². The Hall–Kier alpha value is -2.19. The third-order valence-corrected chi connectivity index (χ3v) is 4.89. The number of hydrogen-bond acceptors (Lipinski definition) is 4. The molecule has 2 rings (SSSR count). The number of amides is 3. The van der Waals surface area contributed by atoms with Crippen LogP contribution in [-0.4, -0.2) is 30.3 Å². The molecule has 1 heterocycles. The smallest absolute Gasteiger partial charge is 0.262 e. The zero-order valence-electron chi connectivity index (χ0n) is 13.8. The zero-order valence-corrected chi connectivity index (χ0v) is 16.2. The number of hydrogen-bond donors (Lipinski definition) is 3. The molecule has 0 fully saturated rings. The van der Waals surface area contributed by atoms with Crippen LogP contribution >= 0.6 is 27.3 Å². The second-order valence-electron chi connectivity index (χ2n) is 5.23. The Labute approximate surface area is 158 Å². The van der Waals surface area contributed by atoms with Gasteiger partial charge in [-0.25, -0.2) is 0 Å². The monoisotopic (exact) mass is 423 g/mol. The van der Waals surface area contributed by atoms with Crippen LogP contribution < -0.4 is 16.0 Å². The van der Waals surface area contributed by atoms with E-state index >= 15 is 0 Å². The van der Waals surface area contributed by atoms with Gasteiger partial charge in [0.05, 0.1) is 8.66 Å². The van der Waals surface area contributed by atoms with Crippen molar-refractivity contribution in [2.75, 3.05) is 11.9 Å². The van der Waals surface area contributed by atoms with Gasteiger partial charge in [0.15, 0.2) is 0 Å². The van der Waals surface area contributed by atoms with Crippen molar-refractivity contribution in [3.8, 4) is 0 Å². The second-order valence-corrected chi connectivity index (χ2v) is 7.69. The molecule has 8 heteroatoms. The lowest BCUT2D eigenvalue weighted by molar-refractivity contribution is -0.117. The Morgan fingerprint density at radius 3 is 2.56 bits per heavy atom. The van der Waals surface area contributed by atoms with Crippen molar-refractivity contribution in [2.24, 2.45) is 0 Å². The van der Waals surface area contributed by atoms with Crippen LogP contribution in [0.15, 0.2) is 40.2 Å². The molecule has 0 bridgehead atoms. The first kappa shape index (κ1) is 19.1. The fourth-order valence-corrected chi connectivity index (χ4v) is 3.31. The number of carbonyl (C=O) groups excluding carboxylic acids is 3. The third kappa shape index (κ3) is 5.40. The molecule has 1 atom stereocenters. The molecule has 6 nitrogen and oxygen atoms in total. The number of rotatable bonds is 6. The summed E-state index contributed by atoms with van der Waals surface area (Å²) in [5.41, 5.74) is 0.952. The van der Waals surface area contributed by atoms with Gasteiger partial charge >= 0.3 is 0 Å². The number of anilines is 1. The molecule has 3 N–H and O–H groups in total. The van der Waals surface area contributed by atoms with E-state index in [0.717, 1.165) is 3.79 Å². The van der Waals surface area contributed by atoms with E-state index in [-0.39, 0.29) is 17.7 Å². The van der Waals surface area contributed by atoms with Crippen molar-refractivity contribution in [1.82, 2.24) is 10.6 Å². The molecule has 0 spiro atoms. The molecule has 1 aromatic heterocycles. The number of nitrogens with one attached hydrogen (secondary N) is 3. The van der Waals surface area contributed by atoms with Gasteiger partial charge in [0.25, 0.3) is 11.8 Å². The number of carbonyl (C=O) groups is 3. The molecule has 132 valence electrons. The fourth-order valence-electron chi connectivity index (χ4n) is 2.02. The first-order valence-electron chi connectivity index (χ1n) is 7.66. The normalized spacial score (nSPS) is 11.5. The molecule has 1 unspecified atom stereocenters. The van der Waals surface area contributed by atoms with Crippen LogP contribution in [0, 0.1) is 0 Å². The van der Waals surface area contributed by atoms with Crippen molar-refractivity contribution in [3.05, 3.63) is 50.6 Å². The highest BCUT2D eigenvalue weighted by Gasteiger charge is 2.18. The van der Waals surface area contributed by atoms with Gasteiger partial charge in [-0.1, -0.05) is 6.07 Å². The molecule has 0 saturated carbocycles. The van der Waals surface area contributed by atoms with E-state index in [1.54, 1.807) is 43.3 Å². The molecular formula is C17H18BrN3O3S. The molecule has 0 radical (unpaired) electrons. The van der Waals surface area contributed by atoms with Gasteiger partial charge in [0.2, 0.25) is 5.91 Å². The maximum Gasteiger partial charge on any atom is 0.262 e. The quantitative estimate of drug-likeness (QED) is 0.666. The first-order chi connectivity index (χ1) is 11.9. The van der Waals surface area contributed by atoms with E-state index < -0.39 is 6.04 Å². The second kappa shape index (κ2) is 8.77. The van der Waals surface area contributed by atoms with Crippen molar-refractivity contribution in [3.63, 3.8) is 0 Å². The summed E-state index contributed by atoms with van der Waals surface area (Å²) in [4.78, 5) is 36.7. The topological polar surface area (TPSA) is 87.3 Å². The summed E-state index contributed by atoms with van der Waals surface area (Å²) in [6, 6.07) is 9.37. The van der Waals surface area contributed by atoms with E-state index in [4.69, 9.17) is 0 Å². The van der Waals surface area contributed by atoms with E-state index in [1.165, 1.54) is 11.3 Å². The molecule has 1 aromatic carbocycles. The van der Waals surface area contributed by atoms with Crippen LogP contribution in [0.4, 0.5) is 5.69 Å². The molecule has 0 aliphatic heterocycles. The predicted molar refractivity (Wildman–Crippen MR) is 102 cm³/mol. The van der Waals surface area contributed by atoms with Crippen molar-refractivity contribution in [2.45, 2.75) is 19.9 Å². The fraction of sp³-hybridized carbons (Fsp3) is 0.235. The van der Waals surface area contributed by atoms with Gasteiger partial charge in [-0.2, -0.15) is 0 Å². The summed E-state index contributed by atoms with van der Waals surface area (Å²) >= 11 is 4.59. The largest absolute Gasteiger partial charge is 0.352 e. The maximum atomic E-state index is 12.3. The lowest BCUT2D eigenvalue weighted by Gasteiger charge is -2.14. The molecule has 3 amide bonds. The van der Waals surface area contributed by atoms with Crippen LogP contribution in [0.1, 0.15) is 33.9 Å². The molecule has 0 saturated heterocycles. The maximum absolute atomic E-state index is 12.3. The number of thiophene rings is 1. The van der Waals surface area contributed by atoms with E-state index in [0.29, 0.717) is 22.7 Å². The van der Waals surface area contributed by atoms with Crippen molar-refractivity contribution < 1.29 is 14.4 Å². The highest BCUT2D eigenvalue weighted by atomic mass is 79.9. The van der Waals surface area contributed by atoms with Crippen molar-refractivity contribution >= 4 is 50.7 Å². The Morgan fingerprint density at radius 2 is 1.92 bits per heavy atom. The summed E-state index contributed by atoms with van der Waals surface area (Å²) in [7, 11) is 0. The Kier molecular flexibility index (Phi) is 6.72. The third-order valence-electron chi connectivity index (χ3n) is 3.27. The van der Waals surface area contributed by atoms with Gasteiger partial charge in [-0.3, -0.25) is 14.4 Å². The lowest BCUT2D eigenvalue weighted by atomic mass is 10.2. The van der Waals surface area contributed by atoms with Gasteiger partial charge in [0.1, 0.15) is 6.04 Å². The van der Waals surface area contributed by atoms with E-state index in [9.17, 15) is 14.4 Å². The minimum Gasteiger partial charge on any atom is -0.352 e. The van der Waals surface area contributed by atoms with Gasteiger partial charge in [-0.05, 0) is 60.1 Å². The highest BCUT2D eigenvalue weighted by molar-refractivity contribution is 9.11. The zero-order chi connectivity index (χ0) is 18.4. The van der Waals surface area contributed by atoms with Crippen LogP contribution in [0.2, 0.25) is 0 Å². The Bertz CT molecular complexity index is 791. The average molecular weight is 424 g/mol. The van der Waals surface area contributed by atoms with Crippen LogP contribution in [0.3, 0.4) is 0 Å². The molecule has 25 heavy (non-hydrogen) atoms. The summed E-state index contributed by atoms with van der Waals surface area (Å²) in [6.45, 7) is 3.96. The van der Waals surface area contributed by atoms with Crippen LogP contribution in [-0.2, 0) is 4.79 Å². The van der Waals surface area contributed by atoms with Crippen LogP contribution in [0.25, 0.3) is 0 Å². The first-order valence-corrected chi connectivity index (χ1v) is 9.27. The number of halogens is 1. The van der Waals surface area contributed by atoms with Crippen molar-refractivity contribution in [1.29, 1.82) is 0 Å². The molecule has 2 aromatic rings. The lowest BCUT2D eigenvalue weighted by Crippen LogP contribution is -2.41. The van der Waals surface area contributed by atoms with Gasteiger partial charge in [-0.15, -0.1) is 11.3 Å². The van der Waals surface area contributed by atoms with E-state index in [2.05, 4.69) is 31.9 Å². The SMILES string of the molecule is CCNC(=O)c1cccc(NC(=O)C(C)NC(=O)c2ccc(Br)s2)c1. The van der Waals surface area contributed by atoms with Gasteiger partial charge < -0.3 is 16.0 Å². The molecule has 0 aliphatic rings. The summed E-state index contributed by atoms with van der Waals surface area (Å²) in [6.07, 6.45) is 0. The molecular weight excluding hydrogens is 406 g/mol. The predicted octanol–water partition coefficient (Wildman–Crippen LogP) is 3.02. The molecule has 0 aliphatic carbocycles. The summed E-state index contributed by atoms with van der Waals surface area (Å²) in [5.74, 6) is -0.880. The minimum absolute atomic E-state index is 0.205. The summed E-state index contributed by atoms with van der Waals surface area (Å²) in [5, 5.41) is 8.05. The number of benzene rings is 1. The minimum atomic E-state index is -0.721. The standard InChI is InChI=1S/C17H18BrN3O3S/c1-3-19-16(23)11-5-4-6-12(9-11)21-15(22)10(2)20-17(24)13-7-8-14(18)25-13/h4-10H,3H2,1-2H3,(H,19,23)(H,20,24)(H,21,22). The average Bonchev–Trinajstić information content (AvgIpc) is 3.02.